The Hall–Kier alpha value is -2.15. The van der Waals surface area contributed by atoms with E-state index in [1.807, 2.05) is 0 Å². The van der Waals surface area contributed by atoms with Crippen LogP contribution in [-0.2, 0) is 9.53 Å². The fourth-order valence-corrected chi connectivity index (χ4v) is 1.43. The molecule has 0 saturated heterocycles. The molecule has 0 aliphatic carbocycles. The van der Waals surface area contributed by atoms with E-state index < -0.39 is 23.9 Å². The van der Waals surface area contributed by atoms with E-state index in [0.717, 1.165) is 0 Å². The Morgan fingerprint density at radius 3 is 2.68 bits per heavy atom. The Morgan fingerprint density at radius 1 is 1.47 bits per heavy atom. The first-order valence-electron chi connectivity index (χ1n) is 5.49. The van der Waals surface area contributed by atoms with Gasteiger partial charge in [-0.05, 0) is 30.7 Å². The first-order chi connectivity index (χ1) is 8.93. The smallest absolute Gasteiger partial charge is 0.328 e. The number of rotatable bonds is 5. The number of halogens is 1. The molecule has 1 rings (SSSR count). The largest absolute Gasteiger partial charge is 0.480 e. The first-order valence-corrected chi connectivity index (χ1v) is 5.49. The van der Waals surface area contributed by atoms with E-state index in [4.69, 9.17) is 5.11 Å². The highest BCUT2D eigenvalue weighted by Crippen LogP contribution is 2.15. The molecule has 3 N–H and O–H groups in total. The van der Waals surface area contributed by atoms with E-state index in [1.165, 1.54) is 25.3 Å². The quantitative estimate of drug-likeness (QED) is 0.753. The fraction of sp³-hybridized carbons (Fsp3) is 0.333. The van der Waals surface area contributed by atoms with Crippen molar-refractivity contribution in [3.05, 3.63) is 29.6 Å². The van der Waals surface area contributed by atoms with Crippen LogP contribution >= 0.6 is 0 Å². The Bertz CT molecular complexity index is 479. The van der Waals surface area contributed by atoms with Crippen LogP contribution in [0.2, 0.25) is 0 Å². The van der Waals surface area contributed by atoms with Crippen molar-refractivity contribution in [3.8, 4) is 0 Å². The lowest BCUT2D eigenvalue weighted by molar-refractivity contribution is -0.140. The number of carbonyl (C=O) groups excluding carboxylic acids is 1. The molecule has 0 bridgehead atoms. The molecule has 0 aromatic heterocycles. The average molecular weight is 270 g/mol. The number of amides is 2. The highest BCUT2D eigenvalue weighted by Gasteiger charge is 2.19. The van der Waals surface area contributed by atoms with Gasteiger partial charge in [0.2, 0.25) is 0 Å². The lowest BCUT2D eigenvalue weighted by atomic mass is 10.2. The van der Waals surface area contributed by atoms with Crippen LogP contribution < -0.4 is 10.6 Å². The number of carboxylic acid groups (broad SMARTS) is 1. The number of carbonyl (C=O) groups is 2. The van der Waals surface area contributed by atoms with Crippen LogP contribution in [0.25, 0.3) is 0 Å². The van der Waals surface area contributed by atoms with Crippen molar-refractivity contribution < 1.29 is 23.8 Å². The summed E-state index contributed by atoms with van der Waals surface area (Å²) in [7, 11) is 1.33. The van der Waals surface area contributed by atoms with Crippen LogP contribution in [0, 0.1) is 12.7 Å². The SMILES string of the molecule is COCC(NC(=O)Nc1ccc(F)cc1C)C(=O)O. The number of ether oxygens (including phenoxy) is 1. The van der Waals surface area contributed by atoms with Crippen molar-refractivity contribution in [2.45, 2.75) is 13.0 Å². The third-order valence-electron chi connectivity index (χ3n) is 2.37. The van der Waals surface area contributed by atoms with E-state index in [9.17, 15) is 14.0 Å². The van der Waals surface area contributed by atoms with Gasteiger partial charge >= 0.3 is 12.0 Å². The minimum Gasteiger partial charge on any atom is -0.480 e. The summed E-state index contributed by atoms with van der Waals surface area (Å²) >= 11 is 0. The van der Waals surface area contributed by atoms with Crippen molar-refractivity contribution in [3.63, 3.8) is 0 Å². The Kier molecular flexibility index (Phi) is 5.25. The number of nitrogens with one attached hydrogen (secondary N) is 2. The Labute approximate surface area is 109 Å². The molecule has 1 aromatic carbocycles. The zero-order chi connectivity index (χ0) is 14.4. The maximum Gasteiger partial charge on any atom is 0.328 e. The van der Waals surface area contributed by atoms with Crippen LogP contribution in [0.3, 0.4) is 0 Å². The number of carboxylic acids is 1. The molecule has 0 aliphatic rings. The summed E-state index contributed by atoms with van der Waals surface area (Å²) in [5.41, 5.74) is 0.939. The minimum absolute atomic E-state index is 0.148. The van der Waals surface area contributed by atoms with Crippen LogP contribution in [0.1, 0.15) is 5.56 Å². The van der Waals surface area contributed by atoms with E-state index in [-0.39, 0.29) is 6.61 Å². The van der Waals surface area contributed by atoms with Crippen LogP contribution in [0.5, 0.6) is 0 Å². The van der Waals surface area contributed by atoms with Gasteiger partial charge in [0.25, 0.3) is 0 Å². The highest BCUT2D eigenvalue weighted by molar-refractivity contribution is 5.92. The number of aryl methyl sites for hydroxylation is 1. The molecule has 0 heterocycles. The summed E-state index contributed by atoms with van der Waals surface area (Å²) < 4.78 is 17.6. The summed E-state index contributed by atoms with van der Waals surface area (Å²) in [4.78, 5) is 22.4. The Morgan fingerprint density at radius 2 is 2.16 bits per heavy atom. The summed E-state index contributed by atoms with van der Waals surface area (Å²) in [6.07, 6.45) is 0. The van der Waals surface area contributed by atoms with Gasteiger partial charge in [-0.3, -0.25) is 0 Å². The van der Waals surface area contributed by atoms with Crippen molar-refractivity contribution in [2.24, 2.45) is 0 Å². The summed E-state index contributed by atoms with van der Waals surface area (Å²) in [5.74, 6) is -1.61. The average Bonchev–Trinajstić information content (AvgIpc) is 2.32. The highest BCUT2D eigenvalue weighted by atomic mass is 19.1. The number of hydrogen-bond donors (Lipinski definition) is 3. The van der Waals surface area contributed by atoms with E-state index in [1.54, 1.807) is 6.92 Å². The summed E-state index contributed by atoms with van der Waals surface area (Å²) in [5, 5.41) is 13.5. The van der Waals surface area contributed by atoms with Gasteiger partial charge in [-0.2, -0.15) is 0 Å². The van der Waals surface area contributed by atoms with Gasteiger partial charge < -0.3 is 20.5 Å². The van der Waals surface area contributed by atoms with Gasteiger partial charge in [0.1, 0.15) is 5.82 Å². The third kappa shape index (κ3) is 4.55. The zero-order valence-corrected chi connectivity index (χ0v) is 10.6. The minimum atomic E-state index is -1.20. The van der Waals surface area contributed by atoms with Gasteiger partial charge in [-0.25, -0.2) is 14.0 Å². The molecule has 19 heavy (non-hydrogen) atoms. The molecule has 1 unspecified atom stereocenters. The maximum atomic E-state index is 12.9. The molecule has 0 fully saturated rings. The standard InChI is InChI=1S/C12H15FN2O4/c1-7-5-8(13)3-4-9(7)14-12(18)15-10(6-19-2)11(16)17/h3-5,10H,6H2,1-2H3,(H,16,17)(H2,14,15,18). The van der Waals surface area contributed by atoms with E-state index in [2.05, 4.69) is 15.4 Å². The Balaban J connectivity index is 2.66. The predicted molar refractivity (Wildman–Crippen MR) is 66.6 cm³/mol. The number of benzene rings is 1. The van der Waals surface area contributed by atoms with Crippen molar-refractivity contribution in [1.82, 2.24) is 5.32 Å². The van der Waals surface area contributed by atoms with Gasteiger partial charge in [0, 0.05) is 12.8 Å². The van der Waals surface area contributed by atoms with Gasteiger partial charge in [0.15, 0.2) is 6.04 Å². The van der Waals surface area contributed by atoms with Crippen LogP contribution in [-0.4, -0.2) is 36.9 Å². The molecule has 1 aromatic rings. The molecule has 0 aliphatic heterocycles. The van der Waals surface area contributed by atoms with Crippen molar-refractivity contribution >= 4 is 17.7 Å². The normalized spacial score (nSPS) is 11.7. The van der Waals surface area contributed by atoms with Crippen LogP contribution in [0.4, 0.5) is 14.9 Å². The topological polar surface area (TPSA) is 87.7 Å². The molecule has 104 valence electrons. The number of aliphatic carboxylic acids is 1. The van der Waals surface area contributed by atoms with E-state index in [0.29, 0.717) is 11.3 Å². The fourth-order valence-electron chi connectivity index (χ4n) is 1.43. The molecule has 0 radical (unpaired) electrons. The van der Waals surface area contributed by atoms with Crippen molar-refractivity contribution in [2.75, 3.05) is 19.0 Å². The molecule has 0 spiro atoms. The first kappa shape index (κ1) is 14.9. The molecule has 2 amide bonds. The molecule has 0 saturated carbocycles. The molecule has 1 atom stereocenters. The third-order valence-corrected chi connectivity index (χ3v) is 2.37. The second-order valence-electron chi connectivity index (χ2n) is 3.90. The molecule has 6 nitrogen and oxygen atoms in total. The molecular weight excluding hydrogens is 255 g/mol. The second-order valence-corrected chi connectivity index (χ2v) is 3.90. The second kappa shape index (κ2) is 6.69. The molecule has 7 heteroatoms. The number of hydrogen-bond acceptors (Lipinski definition) is 3. The lowest BCUT2D eigenvalue weighted by Crippen LogP contribution is -2.45. The van der Waals surface area contributed by atoms with Gasteiger partial charge in [-0.1, -0.05) is 0 Å². The number of anilines is 1. The van der Waals surface area contributed by atoms with Crippen LogP contribution in [0.15, 0.2) is 18.2 Å². The number of urea groups is 1. The summed E-state index contributed by atoms with van der Waals surface area (Å²) in [6, 6.07) is 2.02. The zero-order valence-electron chi connectivity index (χ0n) is 10.6. The molecular formula is C12H15FN2O4. The number of methoxy groups -OCH3 is 1. The predicted octanol–water partition coefficient (Wildman–Crippen LogP) is 1.36. The summed E-state index contributed by atoms with van der Waals surface area (Å²) in [6.45, 7) is 1.48. The lowest BCUT2D eigenvalue weighted by Gasteiger charge is -2.15. The monoisotopic (exact) mass is 270 g/mol. The maximum absolute atomic E-state index is 12.9. The van der Waals surface area contributed by atoms with E-state index >= 15 is 0 Å². The van der Waals surface area contributed by atoms with Crippen molar-refractivity contribution in [1.29, 1.82) is 0 Å². The van der Waals surface area contributed by atoms with Gasteiger partial charge in [0.05, 0.1) is 6.61 Å². The van der Waals surface area contributed by atoms with Gasteiger partial charge in [-0.15, -0.1) is 0 Å².